The highest BCUT2D eigenvalue weighted by atomic mass is 16.6. The predicted octanol–water partition coefficient (Wildman–Crippen LogP) is 1.19. The smallest absolute Gasteiger partial charge is 0.415 e. The van der Waals surface area contributed by atoms with E-state index in [-0.39, 0.29) is 19.1 Å². The first-order chi connectivity index (χ1) is 7.75. The van der Waals surface area contributed by atoms with E-state index in [9.17, 15) is 9.59 Å². The Balaban J connectivity index is 1.85. The van der Waals surface area contributed by atoms with Gasteiger partial charge < -0.3 is 4.74 Å². The topological polar surface area (TPSA) is 59.0 Å². The minimum atomic E-state index is -0.557. The second-order valence-corrected chi connectivity index (χ2v) is 3.31. The second kappa shape index (κ2) is 4.57. The summed E-state index contributed by atoms with van der Waals surface area (Å²) in [5, 5.41) is 0. The molecular formula is C11H10N2O3. The molecule has 0 aromatic heterocycles. The summed E-state index contributed by atoms with van der Waals surface area (Å²) in [4.78, 5) is 26.8. The van der Waals surface area contributed by atoms with Gasteiger partial charge in [-0.05, 0) is 5.56 Å². The monoisotopic (exact) mass is 218 g/mol. The van der Waals surface area contributed by atoms with Crippen LogP contribution >= 0.6 is 0 Å². The van der Waals surface area contributed by atoms with Gasteiger partial charge in [0.25, 0.3) is 5.91 Å². The van der Waals surface area contributed by atoms with Gasteiger partial charge >= 0.3 is 6.09 Å². The lowest BCUT2D eigenvalue weighted by Crippen LogP contribution is -2.29. The molecular weight excluding hydrogens is 208 g/mol. The molecule has 1 aromatic rings. The van der Waals surface area contributed by atoms with E-state index in [0.29, 0.717) is 0 Å². The molecule has 2 rings (SSSR count). The maximum Gasteiger partial charge on any atom is 0.415 e. The molecule has 2 amide bonds. The number of nitrogens with zero attached hydrogens (tertiary/aromatic N) is 2. The fraction of sp³-hybridized carbons (Fsp3) is 0.182. The lowest BCUT2D eigenvalue weighted by Gasteiger charge is -2.11. The Morgan fingerprint density at radius 1 is 1.38 bits per heavy atom. The zero-order valence-electron chi connectivity index (χ0n) is 8.50. The van der Waals surface area contributed by atoms with Crippen LogP contribution < -0.4 is 0 Å². The van der Waals surface area contributed by atoms with Gasteiger partial charge in [-0.15, -0.1) is 0 Å². The summed E-state index contributed by atoms with van der Waals surface area (Å²) < 4.78 is 5.00. The third-order valence-corrected chi connectivity index (χ3v) is 2.09. The van der Waals surface area contributed by atoms with E-state index in [1.807, 2.05) is 30.3 Å². The van der Waals surface area contributed by atoms with Gasteiger partial charge in [0.15, 0.2) is 0 Å². The summed E-state index contributed by atoms with van der Waals surface area (Å²) in [5.74, 6) is -0.336. The molecule has 0 saturated heterocycles. The SMILES string of the molecule is O=C1CN(C(=O)OCc2ccccc2)C=N1. The first kappa shape index (κ1) is 10.4. The van der Waals surface area contributed by atoms with Crippen LogP contribution in [0.2, 0.25) is 0 Å². The Morgan fingerprint density at radius 3 is 2.75 bits per heavy atom. The molecule has 0 fully saturated rings. The van der Waals surface area contributed by atoms with Crippen molar-refractivity contribution in [3.05, 3.63) is 35.9 Å². The van der Waals surface area contributed by atoms with E-state index in [2.05, 4.69) is 4.99 Å². The fourth-order valence-electron chi connectivity index (χ4n) is 1.28. The Bertz CT molecular complexity index is 428. The van der Waals surface area contributed by atoms with Crippen molar-refractivity contribution in [2.75, 3.05) is 6.54 Å². The highest BCUT2D eigenvalue weighted by Gasteiger charge is 2.21. The third-order valence-electron chi connectivity index (χ3n) is 2.09. The van der Waals surface area contributed by atoms with Crippen molar-refractivity contribution < 1.29 is 14.3 Å². The molecule has 1 aliphatic rings. The molecule has 1 aliphatic heterocycles. The van der Waals surface area contributed by atoms with Gasteiger partial charge in [-0.25, -0.2) is 9.79 Å². The zero-order valence-corrected chi connectivity index (χ0v) is 8.50. The van der Waals surface area contributed by atoms with Crippen molar-refractivity contribution in [1.29, 1.82) is 0 Å². The average molecular weight is 218 g/mol. The normalized spacial score (nSPS) is 14.2. The number of benzene rings is 1. The molecule has 5 heteroatoms. The largest absolute Gasteiger partial charge is 0.444 e. The second-order valence-electron chi connectivity index (χ2n) is 3.31. The number of carbonyl (C=O) groups is 2. The lowest BCUT2D eigenvalue weighted by molar-refractivity contribution is -0.117. The molecule has 1 heterocycles. The van der Waals surface area contributed by atoms with Crippen LogP contribution in [0.3, 0.4) is 0 Å². The molecule has 0 radical (unpaired) electrons. The van der Waals surface area contributed by atoms with Crippen LogP contribution in [0.4, 0.5) is 4.79 Å². The van der Waals surface area contributed by atoms with Crippen molar-refractivity contribution in [1.82, 2.24) is 4.90 Å². The van der Waals surface area contributed by atoms with Gasteiger partial charge in [-0.1, -0.05) is 30.3 Å². The minimum Gasteiger partial charge on any atom is -0.444 e. The zero-order chi connectivity index (χ0) is 11.4. The standard InChI is InChI=1S/C11H10N2O3/c14-10-6-13(8-12-10)11(15)16-7-9-4-2-1-3-5-9/h1-5,8H,6-7H2. The number of amides is 2. The van der Waals surface area contributed by atoms with Crippen molar-refractivity contribution >= 4 is 18.3 Å². The maximum atomic E-state index is 11.4. The van der Waals surface area contributed by atoms with Gasteiger partial charge in [0, 0.05) is 0 Å². The highest BCUT2D eigenvalue weighted by Crippen LogP contribution is 2.04. The van der Waals surface area contributed by atoms with Crippen LogP contribution in [0.5, 0.6) is 0 Å². The van der Waals surface area contributed by atoms with E-state index in [0.717, 1.165) is 10.5 Å². The Hall–Kier alpha value is -2.17. The van der Waals surface area contributed by atoms with E-state index < -0.39 is 6.09 Å². The lowest BCUT2D eigenvalue weighted by atomic mass is 10.2. The summed E-state index contributed by atoms with van der Waals surface area (Å²) in [6.45, 7) is 0.159. The third kappa shape index (κ3) is 2.44. The van der Waals surface area contributed by atoms with Crippen molar-refractivity contribution in [3.8, 4) is 0 Å². The Morgan fingerprint density at radius 2 is 2.12 bits per heavy atom. The summed E-state index contributed by atoms with van der Waals surface area (Å²) in [7, 11) is 0. The molecule has 0 aliphatic carbocycles. The number of hydrogen-bond donors (Lipinski definition) is 0. The molecule has 0 spiro atoms. The van der Waals surface area contributed by atoms with Crippen LogP contribution in [0, 0.1) is 0 Å². The average Bonchev–Trinajstić information content (AvgIpc) is 2.74. The van der Waals surface area contributed by atoms with E-state index in [1.165, 1.54) is 6.34 Å². The minimum absolute atomic E-state index is 0.0341. The number of rotatable bonds is 2. The van der Waals surface area contributed by atoms with Crippen LogP contribution in [-0.2, 0) is 16.1 Å². The first-order valence-electron chi connectivity index (χ1n) is 4.80. The van der Waals surface area contributed by atoms with E-state index in [1.54, 1.807) is 0 Å². The number of carbonyl (C=O) groups excluding carboxylic acids is 2. The number of ether oxygens (including phenoxy) is 1. The fourth-order valence-corrected chi connectivity index (χ4v) is 1.28. The Kier molecular flexibility index (Phi) is 2.95. The summed E-state index contributed by atoms with van der Waals surface area (Å²) in [6.07, 6.45) is 0.633. The molecule has 0 N–H and O–H groups in total. The van der Waals surface area contributed by atoms with Gasteiger partial charge in [0.1, 0.15) is 19.5 Å². The molecule has 0 unspecified atom stereocenters. The molecule has 5 nitrogen and oxygen atoms in total. The van der Waals surface area contributed by atoms with E-state index in [4.69, 9.17) is 4.74 Å². The van der Waals surface area contributed by atoms with Crippen molar-refractivity contribution in [3.63, 3.8) is 0 Å². The first-order valence-corrected chi connectivity index (χ1v) is 4.80. The maximum absolute atomic E-state index is 11.4. The predicted molar refractivity (Wildman–Crippen MR) is 56.8 cm³/mol. The van der Waals surface area contributed by atoms with Gasteiger partial charge in [-0.2, -0.15) is 0 Å². The number of aliphatic imine (C=N–C) groups is 1. The highest BCUT2D eigenvalue weighted by molar-refractivity contribution is 5.99. The van der Waals surface area contributed by atoms with Crippen LogP contribution in [0.1, 0.15) is 5.56 Å². The number of hydrogen-bond acceptors (Lipinski definition) is 3. The molecule has 0 atom stereocenters. The van der Waals surface area contributed by atoms with Gasteiger partial charge in [-0.3, -0.25) is 9.69 Å². The molecule has 16 heavy (non-hydrogen) atoms. The molecule has 82 valence electrons. The quantitative estimate of drug-likeness (QED) is 0.749. The van der Waals surface area contributed by atoms with E-state index >= 15 is 0 Å². The van der Waals surface area contributed by atoms with Gasteiger partial charge in [0.05, 0.1) is 0 Å². The summed E-state index contributed by atoms with van der Waals surface area (Å²) >= 11 is 0. The van der Waals surface area contributed by atoms with Gasteiger partial charge in [0.2, 0.25) is 0 Å². The summed E-state index contributed by atoms with van der Waals surface area (Å²) in [6, 6.07) is 9.33. The van der Waals surface area contributed by atoms with Crippen LogP contribution in [0.25, 0.3) is 0 Å². The van der Waals surface area contributed by atoms with Crippen molar-refractivity contribution in [2.24, 2.45) is 4.99 Å². The molecule has 0 saturated carbocycles. The summed E-state index contributed by atoms with van der Waals surface area (Å²) in [5.41, 5.74) is 0.901. The molecule has 0 bridgehead atoms. The molecule has 1 aromatic carbocycles. The Labute approximate surface area is 92.3 Å². The van der Waals surface area contributed by atoms with Crippen LogP contribution in [0.15, 0.2) is 35.3 Å². The van der Waals surface area contributed by atoms with Crippen molar-refractivity contribution in [2.45, 2.75) is 6.61 Å². The van der Waals surface area contributed by atoms with Crippen LogP contribution in [-0.4, -0.2) is 29.8 Å².